The predicted molar refractivity (Wildman–Crippen MR) is 156 cm³/mol. The second-order valence-electron chi connectivity index (χ2n) is 11.3. The van der Waals surface area contributed by atoms with Crippen LogP contribution in [0.4, 0.5) is 5.82 Å². The second-order valence-corrected chi connectivity index (χ2v) is 12.1. The van der Waals surface area contributed by atoms with Gasteiger partial charge in [0.2, 0.25) is 5.91 Å². The number of carbonyl (C=O) groups is 2. The molecule has 212 valence electrons. The van der Waals surface area contributed by atoms with Crippen LogP contribution in [-0.2, 0) is 14.3 Å². The number of fused-ring (bicyclic) bond motifs is 1. The largest absolute Gasteiger partial charge is 0.460 e. The van der Waals surface area contributed by atoms with Gasteiger partial charge >= 0.3 is 5.97 Å². The molecule has 0 bridgehead atoms. The van der Waals surface area contributed by atoms with Gasteiger partial charge in [0.1, 0.15) is 23.8 Å². The first-order valence-corrected chi connectivity index (χ1v) is 14.2. The maximum atomic E-state index is 14.2. The van der Waals surface area contributed by atoms with Crippen molar-refractivity contribution in [3.05, 3.63) is 64.4 Å². The lowest BCUT2D eigenvalue weighted by Gasteiger charge is -2.40. The van der Waals surface area contributed by atoms with Crippen molar-refractivity contribution in [3.63, 3.8) is 0 Å². The van der Waals surface area contributed by atoms with Crippen LogP contribution in [0.1, 0.15) is 38.8 Å². The van der Waals surface area contributed by atoms with Crippen LogP contribution in [0.5, 0.6) is 0 Å². The number of nitrogens with two attached hydrogens (primary N) is 1. The van der Waals surface area contributed by atoms with E-state index in [0.717, 1.165) is 16.7 Å². The maximum Gasteiger partial charge on any atom is 0.312 e. The van der Waals surface area contributed by atoms with E-state index in [4.69, 9.17) is 33.7 Å². The minimum Gasteiger partial charge on any atom is -0.460 e. The van der Waals surface area contributed by atoms with Gasteiger partial charge < -0.3 is 20.3 Å². The molecule has 9 nitrogen and oxygen atoms in total. The molecule has 1 amide bonds. The lowest BCUT2D eigenvalue weighted by Crippen LogP contribution is -2.54. The molecule has 3 heterocycles. The van der Waals surface area contributed by atoms with Crippen molar-refractivity contribution in [2.45, 2.75) is 45.0 Å². The molecule has 2 aliphatic heterocycles. The highest BCUT2D eigenvalue weighted by atomic mass is 35.5. The molecule has 3 atom stereocenters. The van der Waals surface area contributed by atoms with Crippen LogP contribution in [-0.4, -0.2) is 76.1 Å². The SMILES string of the molecule is CC(C)(C)OC(=O)C1CCN(C(C(=O)N2CCN(c3ncnc4ccccc34)CC2)c2ccc(Cl)c(Cl)c2)C1N. The Kier molecular flexibility index (Phi) is 8.20. The molecule has 2 N–H and O–H groups in total. The van der Waals surface area contributed by atoms with E-state index in [1.54, 1.807) is 24.5 Å². The van der Waals surface area contributed by atoms with E-state index in [-0.39, 0.29) is 11.9 Å². The van der Waals surface area contributed by atoms with Gasteiger partial charge in [0.05, 0.1) is 27.6 Å². The number of ether oxygens (including phenoxy) is 1. The summed E-state index contributed by atoms with van der Waals surface area (Å²) < 4.78 is 5.63. The number of halogens is 2. The molecular weight excluding hydrogens is 551 g/mol. The van der Waals surface area contributed by atoms with Crippen molar-refractivity contribution in [2.24, 2.45) is 11.7 Å². The Balaban J connectivity index is 1.37. The quantitative estimate of drug-likeness (QED) is 0.443. The molecule has 2 fully saturated rings. The van der Waals surface area contributed by atoms with Crippen molar-refractivity contribution in [1.82, 2.24) is 19.8 Å². The third kappa shape index (κ3) is 5.88. The van der Waals surface area contributed by atoms with Gasteiger partial charge in [-0.1, -0.05) is 41.4 Å². The zero-order valence-corrected chi connectivity index (χ0v) is 24.4. The highest BCUT2D eigenvalue weighted by Gasteiger charge is 2.45. The zero-order valence-electron chi connectivity index (χ0n) is 22.9. The van der Waals surface area contributed by atoms with Crippen LogP contribution in [0, 0.1) is 5.92 Å². The first kappa shape index (κ1) is 28.5. The Morgan fingerprint density at radius 2 is 1.73 bits per heavy atom. The molecule has 0 spiro atoms. The van der Waals surface area contributed by atoms with Crippen molar-refractivity contribution in [1.29, 1.82) is 0 Å². The number of benzene rings is 2. The van der Waals surface area contributed by atoms with E-state index < -0.39 is 23.7 Å². The van der Waals surface area contributed by atoms with Crippen molar-refractivity contribution in [2.75, 3.05) is 37.6 Å². The highest BCUT2D eigenvalue weighted by molar-refractivity contribution is 6.42. The van der Waals surface area contributed by atoms with E-state index in [9.17, 15) is 9.59 Å². The van der Waals surface area contributed by atoms with E-state index in [0.29, 0.717) is 54.8 Å². The molecule has 3 aromatic rings. The number of esters is 1. The zero-order chi connectivity index (χ0) is 28.6. The third-order valence-corrected chi connectivity index (χ3v) is 8.18. The van der Waals surface area contributed by atoms with Gasteiger partial charge in [-0.05, 0) is 57.0 Å². The summed E-state index contributed by atoms with van der Waals surface area (Å²) in [5, 5.41) is 1.74. The number of anilines is 1. The summed E-state index contributed by atoms with van der Waals surface area (Å²) in [5.41, 5.74) is 7.58. The normalized spacial score (nSPS) is 21.1. The molecule has 2 saturated heterocycles. The van der Waals surface area contributed by atoms with E-state index in [1.807, 2.05) is 54.8 Å². The van der Waals surface area contributed by atoms with Crippen molar-refractivity contribution in [3.8, 4) is 0 Å². The Bertz CT molecular complexity index is 1400. The molecule has 0 saturated carbocycles. The molecule has 5 rings (SSSR count). The van der Waals surface area contributed by atoms with Gasteiger partial charge in [-0.2, -0.15) is 0 Å². The van der Waals surface area contributed by atoms with Gasteiger partial charge in [-0.15, -0.1) is 0 Å². The Morgan fingerprint density at radius 1 is 1.00 bits per heavy atom. The molecule has 3 unspecified atom stereocenters. The number of rotatable bonds is 5. The fourth-order valence-corrected chi connectivity index (χ4v) is 5.79. The van der Waals surface area contributed by atoms with Gasteiger partial charge in [0.15, 0.2) is 0 Å². The lowest BCUT2D eigenvalue weighted by atomic mass is 10.0. The smallest absolute Gasteiger partial charge is 0.312 e. The van der Waals surface area contributed by atoms with Crippen molar-refractivity contribution < 1.29 is 14.3 Å². The number of aromatic nitrogens is 2. The number of para-hydroxylation sites is 1. The fraction of sp³-hybridized carbons (Fsp3) is 0.448. The number of amides is 1. The molecule has 1 aromatic heterocycles. The highest BCUT2D eigenvalue weighted by Crippen LogP contribution is 2.36. The van der Waals surface area contributed by atoms with Crippen LogP contribution in [0.2, 0.25) is 10.0 Å². The molecule has 11 heteroatoms. The van der Waals surface area contributed by atoms with Crippen molar-refractivity contribution >= 4 is 51.8 Å². The number of hydrogen-bond acceptors (Lipinski definition) is 8. The minimum absolute atomic E-state index is 0.0918. The summed E-state index contributed by atoms with van der Waals surface area (Å²) >= 11 is 12.6. The van der Waals surface area contributed by atoms with Gasteiger partial charge in [-0.3, -0.25) is 14.5 Å². The maximum absolute atomic E-state index is 14.2. The lowest BCUT2D eigenvalue weighted by molar-refractivity contribution is -0.161. The summed E-state index contributed by atoms with van der Waals surface area (Å²) in [6.45, 7) is 8.20. The summed E-state index contributed by atoms with van der Waals surface area (Å²) in [4.78, 5) is 41.9. The van der Waals surface area contributed by atoms with Gasteiger partial charge in [-0.25, -0.2) is 9.97 Å². The minimum atomic E-state index is -0.719. The van der Waals surface area contributed by atoms with Gasteiger partial charge in [0.25, 0.3) is 0 Å². The topological polar surface area (TPSA) is 105 Å². The molecule has 0 aliphatic carbocycles. The first-order valence-electron chi connectivity index (χ1n) is 13.5. The Morgan fingerprint density at radius 3 is 2.42 bits per heavy atom. The number of likely N-dealkylation sites (tertiary alicyclic amines) is 1. The predicted octanol–water partition coefficient (Wildman–Crippen LogP) is 4.27. The second kappa shape index (κ2) is 11.5. The third-order valence-electron chi connectivity index (χ3n) is 7.44. The summed E-state index contributed by atoms with van der Waals surface area (Å²) in [6, 6.07) is 12.4. The van der Waals surface area contributed by atoms with Crippen LogP contribution >= 0.6 is 23.2 Å². The van der Waals surface area contributed by atoms with E-state index in [2.05, 4.69) is 14.9 Å². The van der Waals surface area contributed by atoms with Gasteiger partial charge in [0, 0.05) is 38.1 Å². The summed E-state index contributed by atoms with van der Waals surface area (Å²) in [5.74, 6) is -0.125. The first-order chi connectivity index (χ1) is 19.0. The van der Waals surface area contributed by atoms with Crippen LogP contribution in [0.15, 0.2) is 48.8 Å². The monoisotopic (exact) mass is 584 g/mol. The average Bonchev–Trinajstić information content (AvgIpc) is 3.30. The Hall–Kier alpha value is -2.98. The molecule has 0 radical (unpaired) electrons. The average molecular weight is 586 g/mol. The summed E-state index contributed by atoms with van der Waals surface area (Å²) in [6.07, 6.45) is 1.38. The molecule has 2 aromatic carbocycles. The van der Waals surface area contributed by atoms with Crippen LogP contribution in [0.25, 0.3) is 10.9 Å². The number of hydrogen-bond donors (Lipinski definition) is 1. The van der Waals surface area contributed by atoms with E-state index >= 15 is 0 Å². The molecule has 2 aliphatic rings. The van der Waals surface area contributed by atoms with Crippen LogP contribution in [0.3, 0.4) is 0 Å². The molecular formula is C29H34Cl2N6O3. The van der Waals surface area contributed by atoms with E-state index in [1.165, 1.54) is 0 Å². The summed E-state index contributed by atoms with van der Waals surface area (Å²) in [7, 11) is 0. The number of nitrogens with zero attached hydrogens (tertiary/aromatic N) is 5. The Labute approximate surface area is 244 Å². The van der Waals surface area contributed by atoms with Crippen LogP contribution < -0.4 is 10.6 Å². The fourth-order valence-electron chi connectivity index (χ4n) is 5.49. The molecule has 40 heavy (non-hydrogen) atoms. The standard InChI is InChI=1S/C29H34Cl2N6O3/c1-29(2,3)40-28(39)20-10-11-37(25(20)32)24(18-8-9-21(30)22(31)16-18)27(38)36-14-12-35(13-15-36)26-19-6-4-5-7-23(19)33-17-34-26/h4-9,16-17,20,24-25H,10-15,32H2,1-3H3. The number of carbonyl (C=O) groups excluding carboxylic acids is 2. The number of piperazine rings is 1.